The molecule has 2 N–H and O–H groups in total. The molecule has 6 nitrogen and oxygen atoms in total. The van der Waals surface area contributed by atoms with Crippen LogP contribution in [0.3, 0.4) is 0 Å². The number of carboxylic acids is 1. The maximum atomic E-state index is 11.7. The molecular formula is C12H22N2O4. The summed E-state index contributed by atoms with van der Waals surface area (Å²) in [7, 11) is 0. The van der Waals surface area contributed by atoms with Crippen LogP contribution in [0.2, 0.25) is 0 Å². The molecule has 1 heterocycles. The minimum atomic E-state index is -0.997. The number of carboxylic acid groups (broad SMARTS) is 1. The number of aliphatic carboxylic acids is 1. The van der Waals surface area contributed by atoms with Crippen LogP contribution in [-0.2, 0) is 9.53 Å². The lowest BCUT2D eigenvalue weighted by Crippen LogP contribution is -2.40. The average molecular weight is 258 g/mol. The van der Waals surface area contributed by atoms with Crippen molar-refractivity contribution in [3.05, 3.63) is 0 Å². The van der Waals surface area contributed by atoms with Crippen LogP contribution in [0.5, 0.6) is 0 Å². The van der Waals surface area contributed by atoms with E-state index in [4.69, 9.17) is 9.84 Å². The molecule has 0 aliphatic carbocycles. The first kappa shape index (κ1) is 14.8. The second-order valence-corrected chi connectivity index (χ2v) is 4.57. The van der Waals surface area contributed by atoms with Crippen molar-refractivity contribution >= 4 is 12.0 Å². The predicted molar refractivity (Wildman–Crippen MR) is 66.4 cm³/mol. The maximum absolute atomic E-state index is 11.7. The number of hydrogen-bond donors (Lipinski definition) is 2. The van der Waals surface area contributed by atoms with Crippen LogP contribution in [0, 0.1) is 5.92 Å². The molecule has 0 aromatic rings. The molecule has 0 radical (unpaired) electrons. The van der Waals surface area contributed by atoms with Crippen molar-refractivity contribution in [3.8, 4) is 0 Å². The van der Waals surface area contributed by atoms with Crippen LogP contribution in [0.4, 0.5) is 4.79 Å². The first-order valence-corrected chi connectivity index (χ1v) is 6.45. The van der Waals surface area contributed by atoms with E-state index in [-0.39, 0.29) is 19.2 Å². The second kappa shape index (κ2) is 7.92. The van der Waals surface area contributed by atoms with Gasteiger partial charge < -0.3 is 20.1 Å². The molecule has 0 spiro atoms. The summed E-state index contributed by atoms with van der Waals surface area (Å²) in [6, 6.07) is -0.0764. The molecule has 1 unspecified atom stereocenters. The molecule has 1 atom stereocenters. The van der Waals surface area contributed by atoms with Gasteiger partial charge in [-0.3, -0.25) is 0 Å². The molecule has 18 heavy (non-hydrogen) atoms. The highest BCUT2D eigenvalue weighted by Gasteiger charge is 2.24. The van der Waals surface area contributed by atoms with Gasteiger partial charge in [0, 0.05) is 19.6 Å². The highest BCUT2D eigenvalue weighted by molar-refractivity contribution is 5.74. The van der Waals surface area contributed by atoms with Crippen LogP contribution in [0.1, 0.15) is 26.2 Å². The van der Waals surface area contributed by atoms with E-state index in [0.29, 0.717) is 12.5 Å². The molecule has 0 aromatic heterocycles. The van der Waals surface area contributed by atoms with Crippen molar-refractivity contribution in [3.63, 3.8) is 0 Å². The van der Waals surface area contributed by atoms with E-state index >= 15 is 0 Å². The Bertz CT molecular complexity index is 283. The zero-order chi connectivity index (χ0) is 13.4. The zero-order valence-electron chi connectivity index (χ0n) is 10.9. The van der Waals surface area contributed by atoms with Gasteiger partial charge in [0.1, 0.15) is 6.61 Å². The van der Waals surface area contributed by atoms with Gasteiger partial charge >= 0.3 is 12.0 Å². The minimum absolute atomic E-state index is 0.0764. The van der Waals surface area contributed by atoms with E-state index < -0.39 is 5.97 Å². The van der Waals surface area contributed by atoms with Crippen molar-refractivity contribution in [2.24, 2.45) is 5.92 Å². The van der Waals surface area contributed by atoms with Crippen LogP contribution in [0.15, 0.2) is 0 Å². The van der Waals surface area contributed by atoms with E-state index in [1.54, 1.807) is 0 Å². The number of likely N-dealkylation sites (tertiary alicyclic amines) is 1. The lowest BCUT2D eigenvalue weighted by atomic mass is 10.0. The standard InChI is InChI=1S/C12H22N2O4/c1-2-3-10-4-6-14(8-10)12(17)13-5-7-18-9-11(15)16/h10H,2-9H2,1H3,(H,13,17)(H,15,16). The number of amides is 2. The van der Waals surface area contributed by atoms with E-state index in [9.17, 15) is 9.59 Å². The fraction of sp³-hybridized carbons (Fsp3) is 0.833. The van der Waals surface area contributed by atoms with Gasteiger partial charge in [0.25, 0.3) is 0 Å². The summed E-state index contributed by atoms with van der Waals surface area (Å²) in [5, 5.41) is 11.1. The Morgan fingerprint density at radius 3 is 2.94 bits per heavy atom. The summed E-state index contributed by atoms with van der Waals surface area (Å²) in [5.41, 5.74) is 0. The van der Waals surface area contributed by atoms with Crippen molar-refractivity contribution < 1.29 is 19.4 Å². The minimum Gasteiger partial charge on any atom is -0.480 e. The van der Waals surface area contributed by atoms with E-state index in [1.807, 2.05) is 4.90 Å². The van der Waals surface area contributed by atoms with Gasteiger partial charge in [0.05, 0.1) is 6.61 Å². The van der Waals surface area contributed by atoms with Gasteiger partial charge in [-0.2, -0.15) is 0 Å². The first-order chi connectivity index (χ1) is 8.63. The predicted octanol–water partition coefficient (Wildman–Crippen LogP) is 0.919. The second-order valence-electron chi connectivity index (χ2n) is 4.57. The topological polar surface area (TPSA) is 78.9 Å². The summed E-state index contributed by atoms with van der Waals surface area (Å²) in [4.78, 5) is 23.7. The summed E-state index contributed by atoms with van der Waals surface area (Å²) < 4.78 is 4.84. The highest BCUT2D eigenvalue weighted by Crippen LogP contribution is 2.20. The third-order valence-electron chi connectivity index (χ3n) is 3.02. The number of rotatable bonds is 7. The third-order valence-corrected chi connectivity index (χ3v) is 3.02. The van der Waals surface area contributed by atoms with Gasteiger partial charge in [0.2, 0.25) is 0 Å². The van der Waals surface area contributed by atoms with Crippen molar-refractivity contribution in [2.75, 3.05) is 32.8 Å². The lowest BCUT2D eigenvalue weighted by molar-refractivity contribution is -0.142. The van der Waals surface area contributed by atoms with E-state index in [2.05, 4.69) is 12.2 Å². The van der Waals surface area contributed by atoms with Crippen LogP contribution in [-0.4, -0.2) is 54.9 Å². The number of nitrogens with zero attached hydrogens (tertiary/aromatic N) is 1. The molecule has 104 valence electrons. The number of urea groups is 1. The number of hydrogen-bond acceptors (Lipinski definition) is 3. The Morgan fingerprint density at radius 1 is 1.50 bits per heavy atom. The number of nitrogens with one attached hydrogen (secondary N) is 1. The van der Waals surface area contributed by atoms with Crippen molar-refractivity contribution in [1.29, 1.82) is 0 Å². The van der Waals surface area contributed by atoms with Crippen LogP contribution < -0.4 is 5.32 Å². The average Bonchev–Trinajstić information content (AvgIpc) is 2.77. The third kappa shape index (κ3) is 5.35. The van der Waals surface area contributed by atoms with Crippen molar-refractivity contribution in [1.82, 2.24) is 10.2 Å². The Hall–Kier alpha value is -1.30. The monoisotopic (exact) mass is 258 g/mol. The Labute approximate surface area is 107 Å². The SMILES string of the molecule is CCCC1CCN(C(=O)NCCOCC(=O)O)C1. The molecule has 1 fully saturated rings. The Balaban J connectivity index is 2.08. The largest absolute Gasteiger partial charge is 0.480 e. The van der Waals surface area contributed by atoms with Crippen LogP contribution in [0.25, 0.3) is 0 Å². The molecule has 0 saturated carbocycles. The number of ether oxygens (including phenoxy) is 1. The van der Waals surface area contributed by atoms with Gasteiger partial charge in [-0.25, -0.2) is 9.59 Å². The van der Waals surface area contributed by atoms with Crippen molar-refractivity contribution in [2.45, 2.75) is 26.2 Å². The Morgan fingerprint density at radius 2 is 2.28 bits per heavy atom. The molecular weight excluding hydrogens is 236 g/mol. The quantitative estimate of drug-likeness (QED) is 0.665. The molecule has 1 aliphatic rings. The Kier molecular flexibility index (Phi) is 6.49. The van der Waals surface area contributed by atoms with Crippen LogP contribution >= 0.6 is 0 Å². The molecule has 6 heteroatoms. The fourth-order valence-electron chi connectivity index (χ4n) is 2.16. The summed E-state index contributed by atoms with van der Waals surface area (Å²) in [6.07, 6.45) is 3.41. The molecule has 1 aliphatic heterocycles. The van der Waals surface area contributed by atoms with Gasteiger partial charge in [0.15, 0.2) is 0 Å². The van der Waals surface area contributed by atoms with E-state index in [0.717, 1.165) is 25.9 Å². The molecule has 1 rings (SSSR count). The maximum Gasteiger partial charge on any atom is 0.329 e. The van der Waals surface area contributed by atoms with E-state index in [1.165, 1.54) is 6.42 Å². The van der Waals surface area contributed by atoms with Gasteiger partial charge in [-0.05, 0) is 18.8 Å². The molecule has 1 saturated heterocycles. The zero-order valence-corrected chi connectivity index (χ0v) is 10.9. The number of carbonyl (C=O) groups excluding carboxylic acids is 1. The summed E-state index contributed by atoms with van der Waals surface area (Å²) in [6.45, 7) is 4.05. The lowest BCUT2D eigenvalue weighted by Gasteiger charge is -2.17. The van der Waals surface area contributed by atoms with Gasteiger partial charge in [-0.1, -0.05) is 13.3 Å². The highest BCUT2D eigenvalue weighted by atomic mass is 16.5. The molecule has 2 amide bonds. The smallest absolute Gasteiger partial charge is 0.329 e. The molecule has 0 bridgehead atoms. The number of carbonyl (C=O) groups is 2. The summed E-state index contributed by atoms with van der Waals surface area (Å²) >= 11 is 0. The van der Waals surface area contributed by atoms with Gasteiger partial charge in [-0.15, -0.1) is 0 Å². The summed E-state index contributed by atoms with van der Waals surface area (Å²) in [5.74, 6) is -0.368. The first-order valence-electron chi connectivity index (χ1n) is 6.45. The fourth-order valence-corrected chi connectivity index (χ4v) is 2.16. The molecule has 0 aromatic carbocycles. The normalized spacial score (nSPS) is 18.9.